The largest absolute Gasteiger partial charge is 0.319 e. The number of nitrogens with zero attached hydrogens (tertiary/aromatic N) is 1. The smallest absolute Gasteiger partial charge is 0.253 e. The van der Waals surface area contributed by atoms with Gasteiger partial charge >= 0.3 is 0 Å². The highest BCUT2D eigenvalue weighted by Gasteiger charge is 2.39. The SMILES string of the molecule is CCC1CCC(C)N1S(=O)(=O)c1ccc(CCNC)s1. The molecule has 0 aliphatic carbocycles. The monoisotopic (exact) mass is 316 g/mol. The summed E-state index contributed by atoms with van der Waals surface area (Å²) in [6.45, 7) is 4.96. The van der Waals surface area contributed by atoms with Crippen molar-refractivity contribution < 1.29 is 8.42 Å². The van der Waals surface area contributed by atoms with Crippen LogP contribution in [0.4, 0.5) is 0 Å². The van der Waals surface area contributed by atoms with Crippen LogP contribution in [0.2, 0.25) is 0 Å². The molecular weight excluding hydrogens is 292 g/mol. The maximum absolute atomic E-state index is 12.8. The summed E-state index contributed by atoms with van der Waals surface area (Å²) in [7, 11) is -1.42. The fourth-order valence-electron chi connectivity index (χ4n) is 2.85. The Hall–Kier alpha value is -0.430. The second-order valence-electron chi connectivity index (χ2n) is 5.40. The van der Waals surface area contributed by atoms with Crippen molar-refractivity contribution in [1.82, 2.24) is 9.62 Å². The highest BCUT2D eigenvalue weighted by atomic mass is 32.2. The first-order valence-corrected chi connectivity index (χ1v) is 9.53. The number of hydrogen-bond donors (Lipinski definition) is 1. The lowest BCUT2D eigenvalue weighted by Gasteiger charge is -2.26. The molecule has 6 heteroatoms. The first-order valence-electron chi connectivity index (χ1n) is 7.27. The predicted octanol–water partition coefficient (Wildman–Crippen LogP) is 2.46. The Morgan fingerprint density at radius 3 is 2.80 bits per heavy atom. The van der Waals surface area contributed by atoms with Crippen LogP contribution in [0.15, 0.2) is 16.3 Å². The molecule has 0 radical (unpaired) electrons. The van der Waals surface area contributed by atoms with Crippen molar-refractivity contribution in [1.29, 1.82) is 0 Å². The highest BCUT2D eigenvalue weighted by molar-refractivity contribution is 7.91. The van der Waals surface area contributed by atoms with Gasteiger partial charge in [0.25, 0.3) is 10.0 Å². The molecule has 0 amide bonds. The van der Waals surface area contributed by atoms with E-state index in [9.17, 15) is 8.42 Å². The van der Waals surface area contributed by atoms with Gasteiger partial charge in [0.1, 0.15) is 4.21 Å². The van der Waals surface area contributed by atoms with Crippen LogP contribution in [0, 0.1) is 0 Å². The van der Waals surface area contributed by atoms with E-state index in [1.165, 1.54) is 11.3 Å². The van der Waals surface area contributed by atoms with E-state index in [1.54, 1.807) is 10.4 Å². The number of rotatable bonds is 6. The molecule has 1 aliphatic heterocycles. The Labute approximate surface area is 126 Å². The van der Waals surface area contributed by atoms with Crippen LogP contribution in [0.1, 0.15) is 38.0 Å². The average molecular weight is 316 g/mol. The molecule has 1 fully saturated rings. The Balaban J connectivity index is 2.23. The summed E-state index contributed by atoms with van der Waals surface area (Å²) in [5, 5.41) is 3.09. The van der Waals surface area contributed by atoms with Gasteiger partial charge in [0.05, 0.1) is 0 Å². The standard InChI is InChI=1S/C14H24N2O2S2/c1-4-12-6-5-11(2)16(12)20(17,18)14-8-7-13(19-14)9-10-15-3/h7-8,11-12,15H,4-6,9-10H2,1-3H3. The van der Waals surface area contributed by atoms with Crippen molar-refractivity contribution in [2.45, 2.75) is 55.8 Å². The third-order valence-electron chi connectivity index (χ3n) is 3.97. The maximum atomic E-state index is 12.8. The molecule has 2 rings (SSSR count). The van der Waals surface area contributed by atoms with Gasteiger partial charge in [0.15, 0.2) is 0 Å². The fourth-order valence-corrected chi connectivity index (χ4v) is 6.26. The van der Waals surface area contributed by atoms with E-state index in [0.717, 1.165) is 37.1 Å². The highest BCUT2D eigenvalue weighted by Crippen LogP contribution is 2.34. The van der Waals surface area contributed by atoms with Gasteiger partial charge in [-0.2, -0.15) is 4.31 Å². The van der Waals surface area contributed by atoms with E-state index in [-0.39, 0.29) is 12.1 Å². The van der Waals surface area contributed by atoms with E-state index >= 15 is 0 Å². The van der Waals surface area contributed by atoms with Crippen LogP contribution in [0.3, 0.4) is 0 Å². The van der Waals surface area contributed by atoms with Crippen molar-refractivity contribution in [3.8, 4) is 0 Å². The Kier molecular flexibility index (Phi) is 5.23. The van der Waals surface area contributed by atoms with Gasteiger partial charge in [-0.05, 0) is 58.3 Å². The molecule has 114 valence electrons. The minimum atomic E-state index is -3.32. The Bertz CT molecular complexity index is 539. The van der Waals surface area contributed by atoms with Crippen molar-refractivity contribution >= 4 is 21.4 Å². The van der Waals surface area contributed by atoms with Crippen LogP contribution in [-0.4, -0.2) is 38.4 Å². The molecule has 1 aromatic rings. The van der Waals surface area contributed by atoms with Crippen molar-refractivity contribution in [2.75, 3.05) is 13.6 Å². The van der Waals surface area contributed by atoms with Crippen LogP contribution in [-0.2, 0) is 16.4 Å². The summed E-state index contributed by atoms with van der Waals surface area (Å²) in [5.74, 6) is 0. The molecule has 1 saturated heterocycles. The van der Waals surface area contributed by atoms with E-state index in [0.29, 0.717) is 4.21 Å². The van der Waals surface area contributed by atoms with E-state index in [1.807, 2.05) is 20.0 Å². The predicted molar refractivity (Wildman–Crippen MR) is 83.7 cm³/mol. The first kappa shape index (κ1) is 15.9. The first-order chi connectivity index (χ1) is 9.50. The van der Waals surface area contributed by atoms with E-state index < -0.39 is 10.0 Å². The molecule has 2 unspecified atom stereocenters. The number of likely N-dealkylation sites (N-methyl/N-ethyl adjacent to an activating group) is 1. The Morgan fingerprint density at radius 2 is 2.15 bits per heavy atom. The number of hydrogen-bond acceptors (Lipinski definition) is 4. The lowest BCUT2D eigenvalue weighted by Crippen LogP contribution is -2.39. The summed E-state index contributed by atoms with van der Waals surface area (Å²) in [4.78, 5) is 1.12. The third kappa shape index (κ3) is 3.08. The molecule has 0 aromatic carbocycles. The van der Waals surface area contributed by atoms with Crippen molar-refractivity contribution in [3.63, 3.8) is 0 Å². The van der Waals surface area contributed by atoms with Gasteiger partial charge in [-0.25, -0.2) is 8.42 Å². The second kappa shape index (κ2) is 6.56. The van der Waals surface area contributed by atoms with Crippen LogP contribution in [0.5, 0.6) is 0 Å². The molecule has 1 N–H and O–H groups in total. The zero-order chi connectivity index (χ0) is 14.8. The number of thiophene rings is 1. The second-order valence-corrected chi connectivity index (χ2v) is 8.64. The molecule has 1 aliphatic rings. The summed E-state index contributed by atoms with van der Waals surface area (Å²) >= 11 is 1.41. The van der Waals surface area contributed by atoms with Gasteiger partial charge in [-0.1, -0.05) is 6.92 Å². The topological polar surface area (TPSA) is 49.4 Å². The number of nitrogens with one attached hydrogen (secondary N) is 1. The lowest BCUT2D eigenvalue weighted by molar-refractivity contribution is 0.329. The van der Waals surface area contributed by atoms with Crippen LogP contribution < -0.4 is 5.32 Å². The van der Waals surface area contributed by atoms with Crippen molar-refractivity contribution in [2.24, 2.45) is 0 Å². The summed E-state index contributed by atoms with van der Waals surface area (Å²) in [6.07, 6.45) is 3.72. The Morgan fingerprint density at radius 1 is 1.40 bits per heavy atom. The minimum absolute atomic E-state index is 0.118. The minimum Gasteiger partial charge on any atom is -0.319 e. The maximum Gasteiger partial charge on any atom is 0.253 e. The van der Waals surface area contributed by atoms with E-state index in [4.69, 9.17) is 0 Å². The molecule has 0 spiro atoms. The zero-order valence-electron chi connectivity index (χ0n) is 12.4. The normalized spacial score (nSPS) is 24.4. The van der Waals surface area contributed by atoms with Gasteiger partial charge in [0, 0.05) is 17.0 Å². The summed E-state index contributed by atoms with van der Waals surface area (Å²) in [5.41, 5.74) is 0. The average Bonchev–Trinajstić information content (AvgIpc) is 3.03. The summed E-state index contributed by atoms with van der Waals surface area (Å²) in [6, 6.07) is 3.99. The zero-order valence-corrected chi connectivity index (χ0v) is 14.1. The molecule has 1 aromatic heterocycles. The number of sulfonamides is 1. The molecule has 0 saturated carbocycles. The van der Waals surface area contributed by atoms with Crippen molar-refractivity contribution in [3.05, 3.63) is 17.0 Å². The fraction of sp³-hybridized carbons (Fsp3) is 0.714. The summed E-state index contributed by atoms with van der Waals surface area (Å²) < 4.78 is 27.9. The van der Waals surface area contributed by atoms with Gasteiger partial charge < -0.3 is 5.32 Å². The lowest BCUT2D eigenvalue weighted by atomic mass is 10.2. The van der Waals surface area contributed by atoms with Gasteiger partial charge in [-0.3, -0.25) is 0 Å². The quantitative estimate of drug-likeness (QED) is 0.877. The van der Waals surface area contributed by atoms with Gasteiger partial charge in [0.2, 0.25) is 0 Å². The van der Waals surface area contributed by atoms with Gasteiger partial charge in [-0.15, -0.1) is 11.3 Å². The molecular formula is C14H24N2O2S2. The molecule has 0 bridgehead atoms. The molecule has 2 atom stereocenters. The van der Waals surface area contributed by atoms with Crippen LogP contribution >= 0.6 is 11.3 Å². The molecule has 2 heterocycles. The third-order valence-corrected chi connectivity index (χ3v) is 7.65. The molecule has 4 nitrogen and oxygen atoms in total. The van der Waals surface area contributed by atoms with Crippen LogP contribution in [0.25, 0.3) is 0 Å². The van der Waals surface area contributed by atoms with E-state index in [2.05, 4.69) is 12.2 Å². The molecule has 20 heavy (non-hydrogen) atoms.